The molecule has 0 saturated heterocycles. The Morgan fingerprint density at radius 2 is 2.00 bits per heavy atom. The van der Waals surface area contributed by atoms with Gasteiger partial charge >= 0.3 is 5.97 Å². The zero-order chi connectivity index (χ0) is 14.4. The van der Waals surface area contributed by atoms with Crippen LogP contribution < -0.4 is 5.32 Å². The molecule has 104 valence electrons. The van der Waals surface area contributed by atoms with Gasteiger partial charge in [-0.25, -0.2) is 9.78 Å². The lowest BCUT2D eigenvalue weighted by molar-refractivity contribution is -0.128. The molecule has 0 fully saturated rings. The van der Waals surface area contributed by atoms with E-state index >= 15 is 0 Å². The lowest BCUT2D eigenvalue weighted by atomic mass is 10.3. The molecule has 1 rings (SSSR count). The highest BCUT2D eigenvalue weighted by molar-refractivity contribution is 6.33. The minimum Gasteiger partial charge on any atom is -0.476 e. The van der Waals surface area contributed by atoms with E-state index in [0.717, 1.165) is 0 Å². The van der Waals surface area contributed by atoms with Gasteiger partial charge in [0.25, 0.3) is 0 Å². The number of amides is 1. The molecule has 0 aliphatic heterocycles. The normalized spacial score (nSPS) is 10.1. The van der Waals surface area contributed by atoms with Crippen molar-refractivity contribution in [3.8, 4) is 0 Å². The summed E-state index contributed by atoms with van der Waals surface area (Å²) in [4.78, 5) is 28.1. The SMILES string of the molecule is CCN(CC)C(=O)CNc1ccc(Cl)c(C(=O)O)n1. The van der Waals surface area contributed by atoms with Crippen molar-refractivity contribution in [1.29, 1.82) is 0 Å². The Kier molecular flexibility index (Phi) is 5.57. The predicted octanol–water partition coefficient (Wildman–Crippen LogP) is 1.71. The van der Waals surface area contributed by atoms with Crippen LogP contribution in [0.25, 0.3) is 0 Å². The summed E-state index contributed by atoms with van der Waals surface area (Å²) >= 11 is 5.70. The number of aromatic nitrogens is 1. The maximum absolute atomic E-state index is 11.8. The van der Waals surface area contributed by atoms with Gasteiger partial charge in [-0.2, -0.15) is 0 Å². The number of pyridine rings is 1. The van der Waals surface area contributed by atoms with Crippen LogP contribution in [0, 0.1) is 0 Å². The lowest BCUT2D eigenvalue weighted by Gasteiger charge is -2.18. The van der Waals surface area contributed by atoms with Gasteiger partial charge in [0.2, 0.25) is 5.91 Å². The Balaban J connectivity index is 2.71. The molecule has 0 aliphatic carbocycles. The van der Waals surface area contributed by atoms with Crippen LogP contribution >= 0.6 is 11.6 Å². The van der Waals surface area contributed by atoms with Crippen LogP contribution in [0.15, 0.2) is 12.1 Å². The molecule has 1 aromatic rings. The van der Waals surface area contributed by atoms with Crippen molar-refractivity contribution in [2.45, 2.75) is 13.8 Å². The molecule has 1 aromatic heterocycles. The quantitative estimate of drug-likeness (QED) is 0.831. The van der Waals surface area contributed by atoms with Gasteiger partial charge in [-0.1, -0.05) is 11.6 Å². The molecule has 6 nitrogen and oxygen atoms in total. The van der Waals surface area contributed by atoms with Crippen molar-refractivity contribution in [3.63, 3.8) is 0 Å². The van der Waals surface area contributed by atoms with E-state index in [-0.39, 0.29) is 23.2 Å². The molecule has 0 atom stereocenters. The van der Waals surface area contributed by atoms with Crippen LogP contribution in [0.5, 0.6) is 0 Å². The predicted molar refractivity (Wildman–Crippen MR) is 72.6 cm³/mol. The number of aromatic carboxylic acids is 1. The van der Waals surface area contributed by atoms with Gasteiger partial charge < -0.3 is 15.3 Å². The summed E-state index contributed by atoms with van der Waals surface area (Å²) in [6.07, 6.45) is 0. The molecule has 0 unspecified atom stereocenters. The summed E-state index contributed by atoms with van der Waals surface area (Å²) in [6.45, 7) is 5.11. The van der Waals surface area contributed by atoms with E-state index in [4.69, 9.17) is 16.7 Å². The Hall–Kier alpha value is -1.82. The second kappa shape index (κ2) is 6.94. The van der Waals surface area contributed by atoms with Gasteiger partial charge in [0.15, 0.2) is 5.69 Å². The molecular formula is C12H16ClN3O3. The van der Waals surface area contributed by atoms with Gasteiger partial charge in [0.05, 0.1) is 11.6 Å². The van der Waals surface area contributed by atoms with Crippen LogP contribution in [-0.2, 0) is 4.79 Å². The molecule has 2 N–H and O–H groups in total. The number of hydrogen-bond acceptors (Lipinski definition) is 4. The Morgan fingerprint density at radius 3 is 2.53 bits per heavy atom. The summed E-state index contributed by atoms with van der Waals surface area (Å²) in [5.74, 6) is -0.968. The van der Waals surface area contributed by atoms with E-state index in [9.17, 15) is 9.59 Å². The first-order valence-corrected chi connectivity index (χ1v) is 6.28. The minimum atomic E-state index is -1.20. The third-order valence-electron chi connectivity index (χ3n) is 2.59. The van der Waals surface area contributed by atoms with Crippen molar-refractivity contribution in [2.24, 2.45) is 0 Å². The first-order valence-electron chi connectivity index (χ1n) is 5.91. The number of carboxylic acids is 1. The highest BCUT2D eigenvalue weighted by atomic mass is 35.5. The summed E-state index contributed by atoms with van der Waals surface area (Å²) in [5.41, 5.74) is -0.234. The standard InChI is InChI=1S/C12H16ClN3O3/c1-3-16(4-2)10(17)7-14-9-6-5-8(13)11(15-9)12(18)19/h5-6H,3-4,7H2,1-2H3,(H,14,15)(H,18,19). The molecule has 0 saturated carbocycles. The van der Waals surface area contributed by atoms with Crippen LogP contribution in [0.4, 0.5) is 5.82 Å². The van der Waals surface area contributed by atoms with Crippen molar-refractivity contribution < 1.29 is 14.7 Å². The number of carboxylic acid groups (broad SMARTS) is 1. The Morgan fingerprint density at radius 1 is 1.37 bits per heavy atom. The molecule has 0 radical (unpaired) electrons. The number of nitrogens with zero attached hydrogens (tertiary/aromatic N) is 2. The number of hydrogen-bond donors (Lipinski definition) is 2. The maximum atomic E-state index is 11.8. The number of carbonyl (C=O) groups is 2. The largest absolute Gasteiger partial charge is 0.476 e. The first kappa shape index (κ1) is 15.2. The van der Waals surface area contributed by atoms with Gasteiger partial charge in [-0.05, 0) is 26.0 Å². The van der Waals surface area contributed by atoms with E-state index in [0.29, 0.717) is 18.9 Å². The number of rotatable bonds is 6. The average Bonchev–Trinajstić information content (AvgIpc) is 2.38. The zero-order valence-electron chi connectivity index (χ0n) is 10.8. The van der Waals surface area contributed by atoms with Gasteiger partial charge in [-0.3, -0.25) is 4.79 Å². The fraction of sp³-hybridized carbons (Fsp3) is 0.417. The van der Waals surface area contributed by atoms with E-state index in [1.165, 1.54) is 12.1 Å². The third-order valence-corrected chi connectivity index (χ3v) is 2.89. The van der Waals surface area contributed by atoms with E-state index in [2.05, 4.69) is 10.3 Å². The molecule has 19 heavy (non-hydrogen) atoms. The second-order valence-corrected chi connectivity index (χ2v) is 4.16. The summed E-state index contributed by atoms with van der Waals surface area (Å²) < 4.78 is 0. The number of carbonyl (C=O) groups excluding carboxylic acids is 1. The fourth-order valence-electron chi connectivity index (χ4n) is 1.54. The van der Waals surface area contributed by atoms with Gasteiger partial charge in [-0.15, -0.1) is 0 Å². The first-order chi connectivity index (χ1) is 8.99. The third kappa shape index (κ3) is 4.10. The van der Waals surface area contributed by atoms with E-state index in [1.54, 1.807) is 4.90 Å². The molecule has 0 aliphatic rings. The average molecular weight is 286 g/mol. The lowest BCUT2D eigenvalue weighted by Crippen LogP contribution is -2.35. The van der Waals surface area contributed by atoms with Gasteiger partial charge in [0, 0.05) is 13.1 Å². The molecule has 0 spiro atoms. The fourth-order valence-corrected chi connectivity index (χ4v) is 1.73. The molecule has 7 heteroatoms. The smallest absolute Gasteiger partial charge is 0.356 e. The number of nitrogens with one attached hydrogen (secondary N) is 1. The van der Waals surface area contributed by atoms with Crippen LogP contribution in [0.3, 0.4) is 0 Å². The topological polar surface area (TPSA) is 82.5 Å². The minimum absolute atomic E-state index is 0.0631. The van der Waals surface area contributed by atoms with Crippen molar-refractivity contribution in [1.82, 2.24) is 9.88 Å². The number of halogens is 1. The molecule has 1 heterocycles. The summed E-state index contributed by atoms with van der Waals surface area (Å²) in [5, 5.41) is 11.7. The Labute approximate surface area is 116 Å². The second-order valence-electron chi connectivity index (χ2n) is 3.75. The van der Waals surface area contributed by atoms with Crippen molar-refractivity contribution in [2.75, 3.05) is 25.0 Å². The highest BCUT2D eigenvalue weighted by Gasteiger charge is 2.13. The molecule has 0 aromatic carbocycles. The van der Waals surface area contributed by atoms with Crippen LogP contribution in [-0.4, -0.2) is 46.5 Å². The zero-order valence-corrected chi connectivity index (χ0v) is 11.6. The number of anilines is 1. The molecule has 0 bridgehead atoms. The molecule has 1 amide bonds. The van der Waals surface area contributed by atoms with Crippen molar-refractivity contribution >= 4 is 29.3 Å². The van der Waals surface area contributed by atoms with Gasteiger partial charge in [0.1, 0.15) is 5.82 Å². The summed E-state index contributed by atoms with van der Waals surface area (Å²) in [6, 6.07) is 2.96. The summed E-state index contributed by atoms with van der Waals surface area (Å²) in [7, 11) is 0. The van der Waals surface area contributed by atoms with Crippen molar-refractivity contribution in [3.05, 3.63) is 22.8 Å². The maximum Gasteiger partial charge on any atom is 0.356 e. The number of likely N-dealkylation sites (N-methyl/N-ethyl adjacent to an activating group) is 1. The monoisotopic (exact) mass is 285 g/mol. The van der Waals surface area contributed by atoms with Crippen LogP contribution in [0.2, 0.25) is 5.02 Å². The highest BCUT2D eigenvalue weighted by Crippen LogP contribution is 2.16. The van der Waals surface area contributed by atoms with E-state index < -0.39 is 5.97 Å². The van der Waals surface area contributed by atoms with Crippen LogP contribution in [0.1, 0.15) is 24.3 Å². The Bertz CT molecular complexity index is 475. The van der Waals surface area contributed by atoms with E-state index in [1.807, 2.05) is 13.8 Å². The molecular weight excluding hydrogens is 270 g/mol.